The van der Waals surface area contributed by atoms with Gasteiger partial charge in [0.15, 0.2) is 0 Å². The number of rotatable bonds is 2. The number of carbonyl (C=O) groups is 1. The lowest BCUT2D eigenvalue weighted by Gasteiger charge is -2.66. The largest absolute Gasteiger partial charge is 0.342 e. The fourth-order valence-electron chi connectivity index (χ4n) is 9.05. The van der Waals surface area contributed by atoms with E-state index in [1.807, 2.05) is 0 Å². The Bertz CT molecular complexity index is 800. The fraction of sp³-hybridized carbons (Fsp3) is 0.708. The third-order valence-corrected chi connectivity index (χ3v) is 9.71. The van der Waals surface area contributed by atoms with Gasteiger partial charge in [-0.1, -0.05) is 37.3 Å². The average molecular weight is 365 g/mol. The number of benzene rings is 1. The van der Waals surface area contributed by atoms with Crippen LogP contribution in [0.5, 0.6) is 0 Å². The summed E-state index contributed by atoms with van der Waals surface area (Å²) in [5.74, 6) is 1.24. The van der Waals surface area contributed by atoms with Gasteiger partial charge in [0, 0.05) is 24.5 Å². The summed E-state index contributed by atoms with van der Waals surface area (Å²) in [6.07, 6.45) is 9.32. The zero-order valence-corrected chi connectivity index (χ0v) is 16.5. The van der Waals surface area contributed by atoms with Crippen molar-refractivity contribution in [2.24, 2.45) is 27.9 Å². The maximum absolute atomic E-state index is 13.9. The highest BCUT2D eigenvalue weighted by atomic mass is 16.2. The monoisotopic (exact) mass is 364 g/mol. The quantitative estimate of drug-likeness (QED) is 0.866. The highest BCUT2D eigenvalue weighted by Crippen LogP contribution is 2.88. The second kappa shape index (κ2) is 4.97. The normalized spacial score (nSPS) is 47.8. The van der Waals surface area contributed by atoms with Gasteiger partial charge in [-0.3, -0.25) is 4.79 Å². The molecule has 5 atom stereocenters. The van der Waals surface area contributed by atoms with Gasteiger partial charge in [-0.05, 0) is 73.7 Å². The molecule has 3 heteroatoms. The molecule has 1 spiro atoms. The first-order valence-electron chi connectivity index (χ1n) is 11.0. The Kier molecular flexibility index (Phi) is 3.06. The summed E-state index contributed by atoms with van der Waals surface area (Å²) >= 11 is 0. The highest BCUT2D eigenvalue weighted by molar-refractivity contribution is 5.85. The molecule has 1 amide bonds. The van der Waals surface area contributed by atoms with E-state index in [1.54, 1.807) is 0 Å². The summed E-state index contributed by atoms with van der Waals surface area (Å²) in [6, 6.07) is 11.5. The molecule has 1 aromatic rings. The molecule has 5 fully saturated rings. The second-order valence-corrected chi connectivity index (χ2v) is 11.0. The van der Waals surface area contributed by atoms with E-state index in [2.05, 4.69) is 42.2 Å². The van der Waals surface area contributed by atoms with Crippen LogP contribution in [0, 0.1) is 22.2 Å². The Morgan fingerprint density at radius 3 is 2.52 bits per heavy atom. The molecule has 3 nitrogen and oxygen atoms in total. The number of hydrogen-bond donors (Lipinski definition) is 1. The Morgan fingerprint density at radius 2 is 1.78 bits per heavy atom. The van der Waals surface area contributed by atoms with E-state index in [9.17, 15) is 4.79 Å². The zero-order valence-electron chi connectivity index (χ0n) is 16.5. The molecular weight excluding hydrogens is 332 g/mol. The maximum Gasteiger partial charge on any atom is 0.228 e. The standard InChI is InChI=1S/C24H32N2O/c1-21-11-17-12-22(20(27)26-9-7-19(25)8-10-26)15-23(14-21,24(21,13-17)16-22)18-5-3-2-4-6-18/h2-6,17,19H,7-16,25H2,1H3/t17?,21-,22?,23+,24?/m1/s1. The van der Waals surface area contributed by atoms with Crippen LogP contribution in [0.2, 0.25) is 0 Å². The number of nitrogens with zero attached hydrogens (tertiary/aromatic N) is 1. The van der Waals surface area contributed by atoms with E-state index in [0.29, 0.717) is 16.7 Å². The number of nitrogens with two attached hydrogens (primary N) is 1. The molecular formula is C24H32N2O. The number of fused-ring (bicyclic) bond motifs is 2. The molecule has 5 aliphatic rings. The van der Waals surface area contributed by atoms with Crippen molar-refractivity contribution >= 4 is 5.91 Å². The predicted molar refractivity (Wildman–Crippen MR) is 106 cm³/mol. The van der Waals surface area contributed by atoms with E-state index in [0.717, 1.165) is 51.1 Å². The van der Waals surface area contributed by atoms with Crippen molar-refractivity contribution in [3.63, 3.8) is 0 Å². The molecule has 0 aromatic heterocycles. The van der Waals surface area contributed by atoms with Crippen LogP contribution in [0.1, 0.15) is 63.9 Å². The number of amides is 1. The van der Waals surface area contributed by atoms with E-state index in [4.69, 9.17) is 5.73 Å². The lowest BCUT2D eigenvalue weighted by Crippen LogP contribution is -2.61. The van der Waals surface area contributed by atoms with Crippen LogP contribution in [0.15, 0.2) is 30.3 Å². The van der Waals surface area contributed by atoms with Gasteiger partial charge in [0.2, 0.25) is 5.91 Å². The first-order chi connectivity index (χ1) is 12.9. The minimum absolute atomic E-state index is 0.103. The van der Waals surface area contributed by atoms with Gasteiger partial charge in [-0.15, -0.1) is 0 Å². The summed E-state index contributed by atoms with van der Waals surface area (Å²) in [7, 11) is 0. The van der Waals surface area contributed by atoms with Crippen molar-refractivity contribution < 1.29 is 4.79 Å². The Hall–Kier alpha value is -1.35. The Morgan fingerprint density at radius 1 is 1.04 bits per heavy atom. The molecule has 1 aliphatic heterocycles. The summed E-state index contributed by atoms with van der Waals surface area (Å²) in [4.78, 5) is 16.1. The second-order valence-electron chi connectivity index (χ2n) is 11.0. The maximum atomic E-state index is 13.9. The van der Waals surface area contributed by atoms with E-state index in [1.165, 1.54) is 24.8 Å². The average Bonchev–Trinajstić information content (AvgIpc) is 2.95. The van der Waals surface area contributed by atoms with Gasteiger partial charge in [0.25, 0.3) is 0 Å². The van der Waals surface area contributed by atoms with E-state index < -0.39 is 0 Å². The molecule has 1 aromatic carbocycles. The SMILES string of the molecule is C[C@]12CC3CC4(C(=O)N5CCC(N)CC5)CC1(C3)[C@](c1ccccc1)(C4)C2. The molecule has 1 heterocycles. The van der Waals surface area contributed by atoms with Gasteiger partial charge < -0.3 is 10.6 Å². The van der Waals surface area contributed by atoms with Crippen molar-refractivity contribution in [1.29, 1.82) is 0 Å². The van der Waals surface area contributed by atoms with Crippen LogP contribution in [0.3, 0.4) is 0 Å². The first kappa shape index (κ1) is 16.6. The molecule has 3 unspecified atom stereocenters. The molecule has 1 saturated heterocycles. The van der Waals surface area contributed by atoms with Crippen molar-refractivity contribution in [1.82, 2.24) is 4.90 Å². The van der Waals surface area contributed by atoms with Crippen LogP contribution in [0.4, 0.5) is 0 Å². The summed E-state index contributed by atoms with van der Waals surface area (Å²) < 4.78 is 0. The minimum Gasteiger partial charge on any atom is -0.342 e. The van der Waals surface area contributed by atoms with Crippen LogP contribution in [0.25, 0.3) is 0 Å². The smallest absolute Gasteiger partial charge is 0.228 e. The molecule has 0 radical (unpaired) electrons. The number of carbonyl (C=O) groups excluding carboxylic acids is 1. The van der Waals surface area contributed by atoms with Gasteiger partial charge >= 0.3 is 0 Å². The van der Waals surface area contributed by atoms with E-state index in [-0.39, 0.29) is 16.9 Å². The van der Waals surface area contributed by atoms with Gasteiger partial charge in [0.1, 0.15) is 0 Å². The third-order valence-electron chi connectivity index (χ3n) is 9.71. The molecule has 6 rings (SSSR count). The number of likely N-dealkylation sites (tertiary alicyclic amines) is 1. The number of piperidine rings is 1. The number of hydrogen-bond acceptors (Lipinski definition) is 2. The Labute approximate surface area is 162 Å². The van der Waals surface area contributed by atoms with Crippen molar-refractivity contribution in [3.05, 3.63) is 35.9 Å². The van der Waals surface area contributed by atoms with Crippen LogP contribution < -0.4 is 5.73 Å². The first-order valence-corrected chi connectivity index (χ1v) is 11.0. The molecule has 3 bridgehead atoms. The summed E-state index contributed by atoms with van der Waals surface area (Å²) in [5, 5.41) is 0. The van der Waals surface area contributed by atoms with Gasteiger partial charge in [-0.2, -0.15) is 0 Å². The summed E-state index contributed by atoms with van der Waals surface area (Å²) in [6.45, 7) is 4.28. The van der Waals surface area contributed by atoms with Crippen LogP contribution >= 0.6 is 0 Å². The summed E-state index contributed by atoms with van der Waals surface area (Å²) in [5.41, 5.74) is 8.59. The third kappa shape index (κ3) is 1.81. The molecule has 144 valence electrons. The molecule has 4 saturated carbocycles. The highest BCUT2D eigenvalue weighted by Gasteiger charge is 2.83. The van der Waals surface area contributed by atoms with Crippen LogP contribution in [-0.4, -0.2) is 29.9 Å². The minimum atomic E-state index is -0.103. The lowest BCUT2D eigenvalue weighted by molar-refractivity contribution is -0.146. The molecule has 27 heavy (non-hydrogen) atoms. The topological polar surface area (TPSA) is 46.3 Å². The molecule has 2 N–H and O–H groups in total. The van der Waals surface area contributed by atoms with Crippen molar-refractivity contribution in [3.8, 4) is 0 Å². The predicted octanol–water partition coefficient (Wildman–Crippen LogP) is 3.86. The van der Waals surface area contributed by atoms with Gasteiger partial charge in [-0.25, -0.2) is 0 Å². The van der Waals surface area contributed by atoms with Gasteiger partial charge in [0.05, 0.1) is 5.41 Å². The zero-order chi connectivity index (χ0) is 18.5. The Balaban J connectivity index is 1.42. The van der Waals surface area contributed by atoms with Crippen LogP contribution in [-0.2, 0) is 10.2 Å². The lowest BCUT2D eigenvalue weighted by atomic mass is 9.38. The van der Waals surface area contributed by atoms with Crippen molar-refractivity contribution in [2.75, 3.05) is 13.1 Å². The van der Waals surface area contributed by atoms with E-state index >= 15 is 0 Å². The fourth-order valence-corrected chi connectivity index (χ4v) is 9.05. The van der Waals surface area contributed by atoms with Crippen molar-refractivity contribution in [2.45, 2.75) is 69.7 Å². The molecule has 4 aliphatic carbocycles.